The fourth-order valence-electron chi connectivity index (χ4n) is 1.55. The summed E-state index contributed by atoms with van der Waals surface area (Å²) in [5.74, 6) is -0.796. The Hall–Kier alpha value is -1.92. The van der Waals surface area contributed by atoms with Gasteiger partial charge in [-0.1, -0.05) is 0 Å². The second-order valence-electron chi connectivity index (χ2n) is 5.16. The molecule has 0 radical (unpaired) electrons. The fourth-order valence-corrected chi connectivity index (χ4v) is 1.55. The van der Waals surface area contributed by atoms with Gasteiger partial charge in [0.2, 0.25) is 0 Å². The van der Waals surface area contributed by atoms with E-state index in [0.29, 0.717) is 18.6 Å². The average Bonchev–Trinajstić information content (AvgIpc) is 2.34. The summed E-state index contributed by atoms with van der Waals surface area (Å²) in [6.07, 6.45) is -3.75. The number of aliphatic carboxylic acids is 1. The lowest BCUT2D eigenvalue weighted by molar-refractivity contribution is -0.274. The van der Waals surface area contributed by atoms with Crippen molar-refractivity contribution < 1.29 is 32.5 Å². The van der Waals surface area contributed by atoms with Crippen LogP contribution in [0.1, 0.15) is 26.7 Å². The SMILES string of the molecule is CC(C)(CCCOc1ccc(OC(F)(F)F)cc1)C(=O)O. The zero-order chi connectivity index (χ0) is 16.1. The van der Waals surface area contributed by atoms with Crippen LogP contribution in [0.15, 0.2) is 24.3 Å². The van der Waals surface area contributed by atoms with Crippen molar-refractivity contribution in [3.8, 4) is 11.5 Å². The summed E-state index contributed by atoms with van der Waals surface area (Å²) >= 11 is 0. The molecule has 4 nitrogen and oxygen atoms in total. The molecule has 0 saturated heterocycles. The monoisotopic (exact) mass is 306 g/mol. The van der Waals surface area contributed by atoms with E-state index in [1.807, 2.05) is 0 Å². The van der Waals surface area contributed by atoms with Gasteiger partial charge in [-0.3, -0.25) is 4.79 Å². The molecule has 0 fully saturated rings. The maximum Gasteiger partial charge on any atom is 0.573 e. The van der Waals surface area contributed by atoms with Gasteiger partial charge in [-0.15, -0.1) is 13.2 Å². The summed E-state index contributed by atoms with van der Waals surface area (Å²) in [6.45, 7) is 3.54. The van der Waals surface area contributed by atoms with Crippen molar-refractivity contribution in [1.82, 2.24) is 0 Å². The topological polar surface area (TPSA) is 55.8 Å². The zero-order valence-electron chi connectivity index (χ0n) is 11.7. The third-order valence-electron chi connectivity index (χ3n) is 2.85. The third kappa shape index (κ3) is 6.37. The highest BCUT2D eigenvalue weighted by Gasteiger charge is 2.31. The molecule has 7 heteroatoms. The highest BCUT2D eigenvalue weighted by molar-refractivity contribution is 5.73. The second-order valence-corrected chi connectivity index (χ2v) is 5.16. The smallest absolute Gasteiger partial charge is 0.494 e. The van der Waals surface area contributed by atoms with Gasteiger partial charge in [0.25, 0.3) is 0 Å². The molecule has 0 saturated carbocycles. The van der Waals surface area contributed by atoms with E-state index < -0.39 is 17.7 Å². The lowest BCUT2D eigenvalue weighted by Gasteiger charge is -2.18. The van der Waals surface area contributed by atoms with E-state index in [1.165, 1.54) is 12.1 Å². The first-order valence-corrected chi connectivity index (χ1v) is 6.32. The highest BCUT2D eigenvalue weighted by Crippen LogP contribution is 2.25. The largest absolute Gasteiger partial charge is 0.573 e. The van der Waals surface area contributed by atoms with Crippen LogP contribution in [-0.4, -0.2) is 24.0 Å². The summed E-state index contributed by atoms with van der Waals surface area (Å²) in [5, 5.41) is 8.93. The molecule has 0 aliphatic heterocycles. The molecule has 1 rings (SSSR count). The van der Waals surface area contributed by atoms with E-state index in [4.69, 9.17) is 9.84 Å². The zero-order valence-corrected chi connectivity index (χ0v) is 11.7. The molecule has 0 unspecified atom stereocenters. The van der Waals surface area contributed by atoms with Gasteiger partial charge in [0.05, 0.1) is 12.0 Å². The van der Waals surface area contributed by atoms with Gasteiger partial charge in [-0.25, -0.2) is 0 Å². The second kappa shape index (κ2) is 6.69. The van der Waals surface area contributed by atoms with Gasteiger partial charge in [0.1, 0.15) is 11.5 Å². The fraction of sp³-hybridized carbons (Fsp3) is 0.500. The Balaban J connectivity index is 2.38. The lowest BCUT2D eigenvalue weighted by Crippen LogP contribution is -2.24. The maximum absolute atomic E-state index is 12.0. The first-order chi connectivity index (χ1) is 9.60. The summed E-state index contributed by atoms with van der Waals surface area (Å²) in [7, 11) is 0. The van der Waals surface area contributed by atoms with Gasteiger partial charge in [0.15, 0.2) is 0 Å². The average molecular weight is 306 g/mol. The number of carboxylic acids is 1. The van der Waals surface area contributed by atoms with Crippen molar-refractivity contribution in [2.24, 2.45) is 5.41 Å². The maximum atomic E-state index is 12.0. The molecule has 21 heavy (non-hydrogen) atoms. The van der Waals surface area contributed by atoms with Crippen molar-refractivity contribution in [2.45, 2.75) is 33.1 Å². The number of rotatable bonds is 7. The number of hydrogen-bond donors (Lipinski definition) is 1. The van der Waals surface area contributed by atoms with Crippen molar-refractivity contribution in [2.75, 3.05) is 6.61 Å². The lowest BCUT2D eigenvalue weighted by atomic mass is 9.88. The number of carboxylic acid groups (broad SMARTS) is 1. The normalized spacial score (nSPS) is 12.0. The number of carbonyl (C=O) groups is 1. The van der Waals surface area contributed by atoms with Crippen molar-refractivity contribution in [3.05, 3.63) is 24.3 Å². The third-order valence-corrected chi connectivity index (χ3v) is 2.85. The van der Waals surface area contributed by atoms with E-state index in [2.05, 4.69) is 4.74 Å². The molecule has 0 amide bonds. The Morgan fingerprint density at radius 3 is 2.14 bits per heavy atom. The molecule has 118 valence electrons. The van der Waals surface area contributed by atoms with E-state index in [-0.39, 0.29) is 12.4 Å². The van der Waals surface area contributed by atoms with Crippen molar-refractivity contribution >= 4 is 5.97 Å². The predicted molar refractivity (Wildman–Crippen MR) is 69.3 cm³/mol. The number of alkyl halides is 3. The van der Waals surface area contributed by atoms with E-state index in [1.54, 1.807) is 13.8 Å². The summed E-state index contributed by atoms with van der Waals surface area (Å²) in [6, 6.07) is 5.04. The molecule has 0 aliphatic rings. The highest BCUT2D eigenvalue weighted by atomic mass is 19.4. The summed E-state index contributed by atoms with van der Waals surface area (Å²) < 4.78 is 45.0. The molecular weight excluding hydrogens is 289 g/mol. The van der Waals surface area contributed by atoms with Crippen LogP contribution in [0.5, 0.6) is 11.5 Å². The summed E-state index contributed by atoms with van der Waals surface area (Å²) in [4.78, 5) is 10.9. The molecule has 0 aliphatic carbocycles. The first kappa shape index (κ1) is 17.1. The first-order valence-electron chi connectivity index (χ1n) is 6.32. The van der Waals surface area contributed by atoms with E-state index in [0.717, 1.165) is 12.1 Å². The molecule has 0 heterocycles. The van der Waals surface area contributed by atoms with Crippen LogP contribution in [0, 0.1) is 5.41 Å². The molecule has 1 aromatic rings. The quantitative estimate of drug-likeness (QED) is 0.777. The Bertz CT molecular complexity index is 466. The Kier molecular flexibility index (Phi) is 5.46. The molecule has 0 atom stereocenters. The van der Waals surface area contributed by atoms with Crippen LogP contribution in [0.2, 0.25) is 0 Å². The molecule has 1 N–H and O–H groups in total. The Labute approximate surface area is 120 Å². The molecule has 0 spiro atoms. The predicted octanol–water partition coefficient (Wildman–Crippen LogP) is 3.86. The minimum absolute atomic E-state index is 0.288. The van der Waals surface area contributed by atoms with Crippen LogP contribution in [0.4, 0.5) is 13.2 Å². The van der Waals surface area contributed by atoms with Crippen LogP contribution in [0.25, 0.3) is 0 Å². The Morgan fingerprint density at radius 1 is 1.14 bits per heavy atom. The number of ether oxygens (including phenoxy) is 2. The molecule has 0 bridgehead atoms. The van der Waals surface area contributed by atoms with Crippen molar-refractivity contribution in [3.63, 3.8) is 0 Å². The van der Waals surface area contributed by atoms with Crippen molar-refractivity contribution in [1.29, 1.82) is 0 Å². The van der Waals surface area contributed by atoms with Gasteiger partial charge in [-0.05, 0) is 51.0 Å². The minimum Gasteiger partial charge on any atom is -0.494 e. The molecule has 1 aromatic carbocycles. The summed E-state index contributed by atoms with van der Waals surface area (Å²) in [5.41, 5.74) is -0.826. The van der Waals surface area contributed by atoms with Gasteiger partial charge < -0.3 is 14.6 Å². The van der Waals surface area contributed by atoms with E-state index >= 15 is 0 Å². The van der Waals surface area contributed by atoms with Crippen LogP contribution in [0.3, 0.4) is 0 Å². The number of benzene rings is 1. The number of hydrogen-bond acceptors (Lipinski definition) is 3. The molecular formula is C14H17F3O4. The minimum atomic E-state index is -4.72. The standard InChI is InChI=1S/C14H17F3O4/c1-13(2,12(18)19)8-3-9-20-10-4-6-11(7-5-10)21-14(15,16)17/h4-7H,3,8-9H2,1-2H3,(H,18,19). The van der Waals surface area contributed by atoms with Gasteiger partial charge in [-0.2, -0.15) is 0 Å². The van der Waals surface area contributed by atoms with E-state index in [9.17, 15) is 18.0 Å². The van der Waals surface area contributed by atoms with Crippen LogP contribution in [-0.2, 0) is 4.79 Å². The number of halogens is 3. The van der Waals surface area contributed by atoms with Gasteiger partial charge in [0, 0.05) is 0 Å². The van der Waals surface area contributed by atoms with Crippen LogP contribution >= 0.6 is 0 Å². The molecule has 0 aromatic heterocycles. The van der Waals surface area contributed by atoms with Crippen LogP contribution < -0.4 is 9.47 Å². The van der Waals surface area contributed by atoms with Gasteiger partial charge >= 0.3 is 12.3 Å². The Morgan fingerprint density at radius 2 is 1.67 bits per heavy atom.